The van der Waals surface area contributed by atoms with Crippen LogP contribution in [0.5, 0.6) is 5.75 Å². The number of benzene rings is 1. The molecule has 20 heavy (non-hydrogen) atoms. The zero-order valence-corrected chi connectivity index (χ0v) is 12.9. The molecule has 1 rings (SSSR count). The van der Waals surface area contributed by atoms with Crippen molar-refractivity contribution in [1.82, 2.24) is 0 Å². The fourth-order valence-electron chi connectivity index (χ4n) is 2.05. The van der Waals surface area contributed by atoms with Crippen LogP contribution >= 0.6 is 0 Å². The lowest BCUT2D eigenvalue weighted by molar-refractivity contribution is 0.290. The second-order valence-corrected chi connectivity index (χ2v) is 5.85. The number of para-hydroxylation sites is 1. The highest BCUT2D eigenvalue weighted by atomic mass is 16.5. The van der Waals surface area contributed by atoms with Gasteiger partial charge >= 0.3 is 0 Å². The molecule has 0 aliphatic carbocycles. The summed E-state index contributed by atoms with van der Waals surface area (Å²) < 4.78 is 5.85. The lowest BCUT2D eigenvalue weighted by Gasteiger charge is -2.17. The van der Waals surface area contributed by atoms with Crippen LogP contribution in [0.15, 0.2) is 24.3 Å². The van der Waals surface area contributed by atoms with Crippen molar-refractivity contribution in [3.05, 3.63) is 29.8 Å². The van der Waals surface area contributed by atoms with Crippen molar-refractivity contribution in [2.45, 2.75) is 52.5 Å². The van der Waals surface area contributed by atoms with Gasteiger partial charge in [0.05, 0.1) is 18.1 Å². The molecule has 110 valence electrons. The Labute approximate surface area is 122 Å². The molecule has 0 saturated heterocycles. The van der Waals surface area contributed by atoms with Crippen molar-refractivity contribution < 1.29 is 4.74 Å². The molecule has 0 radical (unpaired) electrons. The highest BCUT2D eigenvalue weighted by molar-refractivity contribution is 5.35. The predicted octanol–water partition coefficient (Wildman–Crippen LogP) is 4.20. The maximum Gasteiger partial charge on any atom is 0.124 e. The van der Waals surface area contributed by atoms with E-state index in [1.54, 1.807) is 0 Å². The van der Waals surface area contributed by atoms with Gasteiger partial charge in [-0.2, -0.15) is 5.26 Å². The molecule has 0 unspecified atom stereocenters. The van der Waals surface area contributed by atoms with E-state index in [-0.39, 0.29) is 11.5 Å². The van der Waals surface area contributed by atoms with Crippen molar-refractivity contribution >= 4 is 0 Å². The van der Waals surface area contributed by atoms with Gasteiger partial charge in [-0.1, -0.05) is 25.1 Å². The normalized spacial score (nSPS) is 12.8. The highest BCUT2D eigenvalue weighted by Crippen LogP contribution is 2.26. The monoisotopic (exact) mass is 274 g/mol. The molecule has 1 atom stereocenters. The van der Waals surface area contributed by atoms with Crippen LogP contribution < -0.4 is 10.5 Å². The van der Waals surface area contributed by atoms with E-state index in [2.05, 4.69) is 13.0 Å². The van der Waals surface area contributed by atoms with Gasteiger partial charge in [-0.25, -0.2) is 0 Å². The Morgan fingerprint density at radius 1 is 1.30 bits per heavy atom. The Bertz CT molecular complexity index is 449. The minimum Gasteiger partial charge on any atom is -0.493 e. The second kappa shape index (κ2) is 7.91. The van der Waals surface area contributed by atoms with Crippen LogP contribution in [0, 0.1) is 16.7 Å². The van der Waals surface area contributed by atoms with E-state index >= 15 is 0 Å². The van der Waals surface area contributed by atoms with Gasteiger partial charge in [-0.05, 0) is 45.6 Å². The van der Waals surface area contributed by atoms with Crippen LogP contribution in [0.4, 0.5) is 0 Å². The lowest BCUT2D eigenvalue weighted by atomic mass is 9.89. The maximum absolute atomic E-state index is 8.96. The van der Waals surface area contributed by atoms with Gasteiger partial charge in [0.2, 0.25) is 0 Å². The number of hydrogen-bond acceptors (Lipinski definition) is 3. The van der Waals surface area contributed by atoms with Crippen molar-refractivity contribution in [3.63, 3.8) is 0 Å². The molecule has 0 heterocycles. The van der Waals surface area contributed by atoms with Crippen LogP contribution in [-0.4, -0.2) is 6.61 Å². The number of nitrogens with zero attached hydrogens (tertiary/aromatic N) is 1. The Morgan fingerprint density at radius 2 is 2.00 bits per heavy atom. The molecule has 1 aromatic rings. The second-order valence-electron chi connectivity index (χ2n) is 5.85. The van der Waals surface area contributed by atoms with Crippen LogP contribution in [-0.2, 0) is 0 Å². The number of nitriles is 1. The van der Waals surface area contributed by atoms with E-state index in [1.807, 2.05) is 38.1 Å². The predicted molar refractivity (Wildman–Crippen MR) is 82.4 cm³/mol. The number of hydrogen-bond donors (Lipinski definition) is 1. The van der Waals surface area contributed by atoms with Gasteiger partial charge in [0.25, 0.3) is 0 Å². The van der Waals surface area contributed by atoms with Crippen LogP contribution in [0.25, 0.3) is 0 Å². The van der Waals surface area contributed by atoms with E-state index in [1.165, 1.54) is 0 Å². The Hall–Kier alpha value is -1.53. The van der Waals surface area contributed by atoms with Crippen molar-refractivity contribution in [2.75, 3.05) is 6.61 Å². The summed E-state index contributed by atoms with van der Waals surface area (Å²) in [5.74, 6) is 0.890. The zero-order valence-electron chi connectivity index (χ0n) is 12.9. The van der Waals surface area contributed by atoms with Gasteiger partial charge in [-0.3, -0.25) is 0 Å². The molecule has 0 bridgehead atoms. The average molecular weight is 274 g/mol. The third-order valence-corrected chi connectivity index (χ3v) is 3.51. The summed E-state index contributed by atoms with van der Waals surface area (Å²) in [5.41, 5.74) is 6.93. The molecule has 0 aliphatic heterocycles. The van der Waals surface area contributed by atoms with E-state index in [0.29, 0.717) is 6.61 Å². The van der Waals surface area contributed by atoms with Gasteiger partial charge in [0.1, 0.15) is 5.75 Å². The molecule has 2 N–H and O–H groups in total. The number of ether oxygens (including phenoxy) is 1. The van der Waals surface area contributed by atoms with Crippen molar-refractivity contribution in [1.29, 1.82) is 5.26 Å². The first kappa shape index (κ1) is 16.5. The van der Waals surface area contributed by atoms with E-state index in [4.69, 9.17) is 15.7 Å². The summed E-state index contributed by atoms with van der Waals surface area (Å²) in [5, 5.41) is 8.96. The Morgan fingerprint density at radius 3 is 2.65 bits per heavy atom. The molecule has 0 amide bonds. The van der Waals surface area contributed by atoms with E-state index < -0.39 is 0 Å². The average Bonchev–Trinajstić information content (AvgIpc) is 2.46. The molecule has 0 aliphatic rings. The molecule has 0 fully saturated rings. The minimum absolute atomic E-state index is 0.0312. The van der Waals surface area contributed by atoms with Crippen molar-refractivity contribution in [3.8, 4) is 11.8 Å². The number of rotatable bonds is 8. The quantitative estimate of drug-likeness (QED) is 0.723. The summed E-state index contributed by atoms with van der Waals surface area (Å²) >= 11 is 0. The summed E-state index contributed by atoms with van der Waals surface area (Å²) in [7, 11) is 0. The first-order valence-corrected chi connectivity index (χ1v) is 7.38. The van der Waals surface area contributed by atoms with E-state index in [9.17, 15) is 0 Å². The molecule has 0 aromatic heterocycles. The Kier molecular flexibility index (Phi) is 6.54. The third-order valence-electron chi connectivity index (χ3n) is 3.51. The highest BCUT2D eigenvalue weighted by Gasteiger charge is 2.15. The van der Waals surface area contributed by atoms with Gasteiger partial charge in [-0.15, -0.1) is 0 Å². The van der Waals surface area contributed by atoms with Gasteiger partial charge in [0, 0.05) is 11.6 Å². The van der Waals surface area contributed by atoms with Crippen molar-refractivity contribution in [2.24, 2.45) is 11.1 Å². The fourth-order valence-corrected chi connectivity index (χ4v) is 2.05. The third kappa shape index (κ3) is 5.22. The lowest BCUT2D eigenvalue weighted by Crippen LogP contribution is -2.12. The summed E-state index contributed by atoms with van der Waals surface area (Å²) in [4.78, 5) is 0. The topological polar surface area (TPSA) is 59.0 Å². The molecule has 0 saturated carbocycles. The molecule has 3 heteroatoms. The van der Waals surface area contributed by atoms with Crippen LogP contribution in [0.3, 0.4) is 0 Å². The maximum atomic E-state index is 8.96. The molecule has 0 spiro atoms. The summed E-state index contributed by atoms with van der Waals surface area (Å²) in [6.07, 6.45) is 3.77. The van der Waals surface area contributed by atoms with Crippen LogP contribution in [0.2, 0.25) is 0 Å². The summed E-state index contributed by atoms with van der Waals surface area (Å²) in [6.45, 7) is 6.70. The largest absolute Gasteiger partial charge is 0.493 e. The molecule has 1 aromatic carbocycles. The molecule has 3 nitrogen and oxygen atoms in total. The van der Waals surface area contributed by atoms with Gasteiger partial charge < -0.3 is 10.5 Å². The Balaban J connectivity index is 2.41. The number of unbranched alkanes of at least 4 members (excludes halogenated alkanes) is 1. The minimum atomic E-state index is -0.234. The SMILES string of the molecule is CC[C@H](N)c1ccccc1OCCCCC(C)(C)C#N. The zero-order chi connectivity index (χ0) is 15.0. The molecular formula is C17H26N2O. The molecular weight excluding hydrogens is 248 g/mol. The number of nitrogens with two attached hydrogens (primary N) is 1. The van der Waals surface area contributed by atoms with Gasteiger partial charge in [0.15, 0.2) is 0 Å². The van der Waals surface area contributed by atoms with E-state index in [0.717, 1.165) is 37.0 Å². The smallest absolute Gasteiger partial charge is 0.124 e. The summed E-state index contributed by atoms with van der Waals surface area (Å²) in [6, 6.07) is 10.3. The fraction of sp³-hybridized carbons (Fsp3) is 0.588. The van der Waals surface area contributed by atoms with Crippen LogP contribution in [0.1, 0.15) is 58.1 Å². The standard InChI is InChI=1S/C17H26N2O/c1-4-15(19)14-9-5-6-10-16(14)20-12-8-7-11-17(2,3)13-18/h5-6,9-10,15H,4,7-8,11-12,19H2,1-3H3/t15-/m0/s1. The first-order chi connectivity index (χ1) is 9.50. The first-order valence-electron chi connectivity index (χ1n) is 7.38.